The molecular formula is C25H30N6O3S. The van der Waals surface area contributed by atoms with Crippen LogP contribution >= 0.6 is 0 Å². The van der Waals surface area contributed by atoms with Crippen molar-refractivity contribution in [2.75, 3.05) is 5.32 Å². The van der Waals surface area contributed by atoms with Crippen LogP contribution in [0.3, 0.4) is 0 Å². The largest absolute Gasteiger partial charge is 0.424 e. The van der Waals surface area contributed by atoms with E-state index < -0.39 is 10.0 Å². The number of nitrogens with zero attached hydrogens (tertiary/aromatic N) is 3. The Morgan fingerprint density at radius 1 is 1.00 bits per heavy atom. The number of aromatic amines is 1. The SMILES string of the molecule is CC(C)(C)c1nnc(C2CCC(NS(=O)(=O)c3ccc4nc(Nc5ccccc5)[nH]c4c3)CC2)o1. The van der Waals surface area contributed by atoms with Crippen molar-refractivity contribution in [2.45, 2.75) is 68.7 Å². The summed E-state index contributed by atoms with van der Waals surface area (Å²) in [5.74, 6) is 2.01. The predicted octanol–water partition coefficient (Wildman–Crippen LogP) is 4.99. The second kappa shape index (κ2) is 9.09. The van der Waals surface area contributed by atoms with Crippen LogP contribution in [-0.4, -0.2) is 34.6 Å². The van der Waals surface area contributed by atoms with E-state index >= 15 is 0 Å². The maximum atomic E-state index is 13.1. The zero-order chi connectivity index (χ0) is 24.6. The lowest BCUT2D eigenvalue weighted by atomic mass is 9.86. The molecule has 2 aromatic heterocycles. The molecule has 1 fully saturated rings. The fourth-order valence-electron chi connectivity index (χ4n) is 4.32. The molecule has 0 amide bonds. The van der Waals surface area contributed by atoms with Crippen LogP contribution in [0.25, 0.3) is 11.0 Å². The van der Waals surface area contributed by atoms with Crippen molar-refractivity contribution < 1.29 is 12.8 Å². The van der Waals surface area contributed by atoms with Crippen LogP contribution in [-0.2, 0) is 15.4 Å². The third-order valence-corrected chi connectivity index (χ3v) is 7.80. The third kappa shape index (κ3) is 5.23. The highest BCUT2D eigenvalue weighted by Gasteiger charge is 2.30. The fourth-order valence-corrected chi connectivity index (χ4v) is 5.65. The van der Waals surface area contributed by atoms with Gasteiger partial charge < -0.3 is 14.7 Å². The van der Waals surface area contributed by atoms with E-state index in [1.165, 1.54) is 0 Å². The molecule has 0 saturated heterocycles. The number of hydrogen-bond donors (Lipinski definition) is 3. The van der Waals surface area contributed by atoms with Gasteiger partial charge in [-0.25, -0.2) is 18.1 Å². The number of rotatable bonds is 6. The number of fused-ring (bicyclic) bond motifs is 1. The quantitative estimate of drug-likeness (QED) is 0.345. The molecule has 1 saturated carbocycles. The molecular weight excluding hydrogens is 464 g/mol. The molecule has 3 N–H and O–H groups in total. The first-order valence-electron chi connectivity index (χ1n) is 11.9. The van der Waals surface area contributed by atoms with Crippen molar-refractivity contribution >= 4 is 32.7 Å². The number of anilines is 2. The highest BCUT2D eigenvalue weighted by Crippen LogP contribution is 2.34. The maximum absolute atomic E-state index is 13.1. The Bertz CT molecular complexity index is 1410. The highest BCUT2D eigenvalue weighted by atomic mass is 32.2. The normalized spacial score (nSPS) is 19.2. The average Bonchev–Trinajstić information content (AvgIpc) is 3.46. The standard InChI is InChI=1S/C25H30N6O3S/c1-25(2,3)23-30-29-22(34-23)16-9-11-18(12-10-16)31-35(32,33)19-13-14-20-21(15-19)28-24(27-20)26-17-7-5-4-6-8-17/h4-8,13-16,18,31H,9-12H2,1-3H3,(H2,26,27,28). The van der Waals surface area contributed by atoms with E-state index in [2.05, 4.69) is 30.2 Å². The van der Waals surface area contributed by atoms with Crippen molar-refractivity contribution in [3.05, 3.63) is 60.3 Å². The summed E-state index contributed by atoms with van der Waals surface area (Å²) in [6.45, 7) is 6.12. The van der Waals surface area contributed by atoms with Crippen molar-refractivity contribution in [3.63, 3.8) is 0 Å². The van der Waals surface area contributed by atoms with E-state index in [9.17, 15) is 8.42 Å². The molecule has 0 spiro atoms. The lowest BCUT2D eigenvalue weighted by Crippen LogP contribution is -2.37. The first-order chi connectivity index (χ1) is 16.7. The van der Waals surface area contributed by atoms with Gasteiger partial charge >= 0.3 is 0 Å². The lowest BCUT2D eigenvalue weighted by molar-refractivity contribution is 0.304. The van der Waals surface area contributed by atoms with Crippen LogP contribution in [0, 0.1) is 0 Å². The van der Waals surface area contributed by atoms with Crippen LogP contribution in [0.1, 0.15) is 64.2 Å². The van der Waals surface area contributed by atoms with Gasteiger partial charge in [0.1, 0.15) is 0 Å². The highest BCUT2D eigenvalue weighted by molar-refractivity contribution is 7.89. The topological polar surface area (TPSA) is 126 Å². The van der Waals surface area contributed by atoms with Crippen molar-refractivity contribution in [1.29, 1.82) is 0 Å². The first-order valence-corrected chi connectivity index (χ1v) is 13.3. The second-order valence-corrected chi connectivity index (χ2v) is 11.8. The summed E-state index contributed by atoms with van der Waals surface area (Å²) in [7, 11) is -3.67. The molecule has 0 radical (unpaired) electrons. The number of benzene rings is 2. The molecule has 2 heterocycles. The van der Waals surface area contributed by atoms with Gasteiger partial charge in [-0.15, -0.1) is 10.2 Å². The molecule has 0 aliphatic heterocycles. The summed E-state index contributed by atoms with van der Waals surface area (Å²) in [4.78, 5) is 7.87. The average molecular weight is 495 g/mol. The predicted molar refractivity (Wildman–Crippen MR) is 134 cm³/mol. The molecule has 10 heteroatoms. The molecule has 184 valence electrons. The number of para-hydroxylation sites is 1. The molecule has 2 aromatic carbocycles. The van der Waals surface area contributed by atoms with Gasteiger partial charge in [0, 0.05) is 23.1 Å². The Balaban J connectivity index is 1.23. The van der Waals surface area contributed by atoms with Crippen LogP contribution in [0.15, 0.2) is 57.8 Å². The van der Waals surface area contributed by atoms with Crippen molar-refractivity contribution in [3.8, 4) is 0 Å². The molecule has 9 nitrogen and oxygen atoms in total. The zero-order valence-corrected chi connectivity index (χ0v) is 20.9. The number of imidazole rings is 1. The Morgan fingerprint density at radius 3 is 2.43 bits per heavy atom. The van der Waals surface area contributed by atoms with Gasteiger partial charge in [-0.2, -0.15) is 0 Å². The Morgan fingerprint density at radius 2 is 1.74 bits per heavy atom. The van der Waals surface area contributed by atoms with Gasteiger partial charge in [0.15, 0.2) is 0 Å². The molecule has 1 aliphatic rings. The lowest BCUT2D eigenvalue weighted by Gasteiger charge is -2.27. The number of aromatic nitrogens is 4. The maximum Gasteiger partial charge on any atom is 0.240 e. The zero-order valence-electron chi connectivity index (χ0n) is 20.1. The number of hydrogen-bond acceptors (Lipinski definition) is 7. The van der Waals surface area contributed by atoms with Gasteiger partial charge in [0.25, 0.3) is 0 Å². The number of H-pyrrole nitrogens is 1. The van der Waals surface area contributed by atoms with Crippen LogP contribution in [0.5, 0.6) is 0 Å². The van der Waals surface area contributed by atoms with Crippen LogP contribution in [0.2, 0.25) is 0 Å². The molecule has 1 aliphatic carbocycles. The smallest absolute Gasteiger partial charge is 0.240 e. The molecule has 0 atom stereocenters. The van der Waals surface area contributed by atoms with Crippen LogP contribution in [0.4, 0.5) is 11.6 Å². The minimum Gasteiger partial charge on any atom is -0.424 e. The first kappa shape index (κ1) is 23.5. The summed E-state index contributed by atoms with van der Waals surface area (Å²) < 4.78 is 35.0. The number of nitrogens with one attached hydrogen (secondary N) is 3. The van der Waals surface area contributed by atoms with E-state index in [1.54, 1.807) is 18.2 Å². The third-order valence-electron chi connectivity index (χ3n) is 6.28. The van der Waals surface area contributed by atoms with Crippen molar-refractivity contribution in [2.24, 2.45) is 0 Å². The minimum absolute atomic E-state index is 0.131. The minimum atomic E-state index is -3.67. The molecule has 35 heavy (non-hydrogen) atoms. The second-order valence-electron chi connectivity index (χ2n) is 10.1. The van der Waals surface area contributed by atoms with E-state index in [4.69, 9.17) is 4.42 Å². The van der Waals surface area contributed by atoms with Crippen molar-refractivity contribution in [1.82, 2.24) is 24.9 Å². The summed E-state index contributed by atoms with van der Waals surface area (Å²) in [5, 5.41) is 11.6. The van der Waals surface area contributed by atoms with E-state index in [0.717, 1.165) is 18.5 Å². The van der Waals surface area contributed by atoms with Gasteiger partial charge in [-0.1, -0.05) is 39.0 Å². The molecule has 4 aromatic rings. The summed E-state index contributed by atoms with van der Waals surface area (Å²) in [5.41, 5.74) is 2.05. The Labute approximate surface area is 204 Å². The Kier molecular flexibility index (Phi) is 6.10. The summed E-state index contributed by atoms with van der Waals surface area (Å²) in [6, 6.07) is 14.5. The van der Waals surface area contributed by atoms with E-state index in [1.807, 2.05) is 51.1 Å². The van der Waals surface area contributed by atoms with Gasteiger partial charge in [0.2, 0.25) is 27.8 Å². The van der Waals surface area contributed by atoms with Gasteiger partial charge in [0.05, 0.1) is 15.9 Å². The number of sulfonamides is 1. The van der Waals surface area contributed by atoms with E-state index in [-0.39, 0.29) is 22.3 Å². The van der Waals surface area contributed by atoms with Crippen LogP contribution < -0.4 is 10.0 Å². The summed E-state index contributed by atoms with van der Waals surface area (Å²) >= 11 is 0. The van der Waals surface area contributed by atoms with Gasteiger partial charge in [-0.3, -0.25) is 0 Å². The molecule has 0 unspecified atom stereocenters. The monoisotopic (exact) mass is 494 g/mol. The van der Waals surface area contributed by atoms with E-state index in [0.29, 0.717) is 41.6 Å². The fraction of sp³-hybridized carbons (Fsp3) is 0.400. The molecule has 0 bridgehead atoms. The molecule has 5 rings (SSSR count). The van der Waals surface area contributed by atoms with Gasteiger partial charge in [-0.05, 0) is 56.0 Å². The Hall–Kier alpha value is -3.24. The summed E-state index contributed by atoms with van der Waals surface area (Å²) in [6.07, 6.45) is 3.03.